The maximum Gasteiger partial charge on any atom is 0.170 e. The lowest BCUT2D eigenvalue weighted by Crippen LogP contribution is -2.22. The summed E-state index contributed by atoms with van der Waals surface area (Å²) in [4.78, 5) is 16.7. The van der Waals surface area contributed by atoms with Crippen LogP contribution in [0.2, 0.25) is 5.15 Å². The number of aliphatic hydroxyl groups is 1. The van der Waals surface area contributed by atoms with Crippen LogP contribution in [0.5, 0.6) is 0 Å². The Morgan fingerprint density at radius 2 is 2.40 bits per heavy atom. The van der Waals surface area contributed by atoms with Crippen LogP contribution >= 0.6 is 11.6 Å². The van der Waals surface area contributed by atoms with E-state index in [2.05, 4.69) is 4.98 Å². The molecule has 0 aliphatic carbocycles. The van der Waals surface area contributed by atoms with E-state index in [0.29, 0.717) is 23.7 Å². The van der Waals surface area contributed by atoms with Gasteiger partial charge in [-0.25, -0.2) is 4.98 Å². The Kier molecular flexibility index (Phi) is 2.88. The van der Waals surface area contributed by atoms with Gasteiger partial charge in [-0.05, 0) is 18.6 Å². The number of aldehydes is 1. The van der Waals surface area contributed by atoms with Gasteiger partial charge in [-0.3, -0.25) is 4.79 Å². The van der Waals surface area contributed by atoms with Crippen LogP contribution in [0, 0.1) is 0 Å². The highest BCUT2D eigenvalue weighted by molar-refractivity contribution is 6.29. The summed E-state index contributed by atoms with van der Waals surface area (Å²) in [6, 6.07) is 3.41. The van der Waals surface area contributed by atoms with Crippen molar-refractivity contribution in [3.05, 3.63) is 23.0 Å². The predicted octanol–water partition coefficient (Wildman–Crippen LogP) is 1.12. The highest BCUT2D eigenvalue weighted by atomic mass is 35.5. The van der Waals surface area contributed by atoms with Crippen LogP contribution in [0.1, 0.15) is 16.9 Å². The van der Waals surface area contributed by atoms with E-state index in [1.807, 2.05) is 4.90 Å². The number of pyridine rings is 1. The predicted molar refractivity (Wildman–Crippen MR) is 57.5 cm³/mol. The average Bonchev–Trinajstić information content (AvgIpc) is 2.64. The number of anilines is 1. The van der Waals surface area contributed by atoms with Crippen molar-refractivity contribution in [3.8, 4) is 0 Å². The van der Waals surface area contributed by atoms with Crippen molar-refractivity contribution in [1.29, 1.82) is 0 Å². The van der Waals surface area contributed by atoms with Crippen LogP contribution in [0.3, 0.4) is 0 Å². The number of rotatable bonds is 2. The number of aliphatic hydroxyl groups excluding tert-OH is 1. The minimum Gasteiger partial charge on any atom is -0.391 e. The van der Waals surface area contributed by atoms with Crippen molar-refractivity contribution in [2.24, 2.45) is 0 Å². The number of carbonyl (C=O) groups excluding carboxylic acids is 1. The van der Waals surface area contributed by atoms with Crippen molar-refractivity contribution in [1.82, 2.24) is 4.98 Å². The van der Waals surface area contributed by atoms with Crippen molar-refractivity contribution in [2.45, 2.75) is 12.5 Å². The minimum absolute atomic E-state index is 0.306. The molecule has 80 valence electrons. The van der Waals surface area contributed by atoms with Gasteiger partial charge in [-0.2, -0.15) is 0 Å². The second-order valence-corrected chi connectivity index (χ2v) is 3.93. The van der Waals surface area contributed by atoms with Gasteiger partial charge in [0.1, 0.15) is 10.8 Å². The fourth-order valence-electron chi connectivity index (χ4n) is 1.76. The summed E-state index contributed by atoms with van der Waals surface area (Å²) in [6.45, 7) is 1.29. The molecule has 0 spiro atoms. The Morgan fingerprint density at radius 3 is 3.00 bits per heavy atom. The third-order valence-corrected chi connectivity index (χ3v) is 2.69. The van der Waals surface area contributed by atoms with E-state index in [4.69, 9.17) is 11.6 Å². The van der Waals surface area contributed by atoms with Gasteiger partial charge in [-0.15, -0.1) is 0 Å². The largest absolute Gasteiger partial charge is 0.391 e. The molecule has 0 aromatic carbocycles. The van der Waals surface area contributed by atoms with Crippen molar-refractivity contribution in [2.75, 3.05) is 18.0 Å². The van der Waals surface area contributed by atoms with E-state index < -0.39 is 0 Å². The summed E-state index contributed by atoms with van der Waals surface area (Å²) < 4.78 is 0. The normalized spacial score (nSPS) is 20.7. The Morgan fingerprint density at radius 1 is 1.60 bits per heavy atom. The number of β-amino-alcohol motifs (C(OH)–C–C–N with tert-alkyl or cyclic N) is 1. The summed E-state index contributed by atoms with van der Waals surface area (Å²) in [7, 11) is 0. The zero-order valence-corrected chi connectivity index (χ0v) is 8.81. The molecular weight excluding hydrogens is 216 g/mol. The number of nitrogens with zero attached hydrogens (tertiary/aromatic N) is 2. The molecule has 1 aliphatic rings. The third kappa shape index (κ3) is 2.11. The summed E-state index contributed by atoms with van der Waals surface area (Å²) in [5.74, 6) is 0. The monoisotopic (exact) mass is 226 g/mol. The number of aromatic nitrogens is 1. The SMILES string of the molecule is O=Cc1nc(Cl)ccc1N1CC[C@@H](O)C1. The Hall–Kier alpha value is -1.13. The van der Waals surface area contributed by atoms with Crippen LogP contribution < -0.4 is 4.90 Å². The standard InChI is InChI=1S/C10H11ClN2O2/c11-10-2-1-9(8(6-14)12-10)13-4-3-7(15)5-13/h1-2,6-7,15H,3-5H2/t7-/m1/s1. The van der Waals surface area contributed by atoms with Crippen LogP contribution in [0.25, 0.3) is 0 Å². The molecule has 1 aromatic heterocycles. The van der Waals surface area contributed by atoms with Crippen LogP contribution in [0.4, 0.5) is 5.69 Å². The summed E-state index contributed by atoms with van der Waals surface area (Å²) in [6.07, 6.45) is 1.09. The lowest BCUT2D eigenvalue weighted by atomic mass is 10.3. The van der Waals surface area contributed by atoms with Gasteiger partial charge in [0.15, 0.2) is 6.29 Å². The fraction of sp³-hybridized carbons (Fsp3) is 0.400. The molecule has 0 amide bonds. The molecule has 1 N–H and O–H groups in total. The second-order valence-electron chi connectivity index (χ2n) is 3.54. The van der Waals surface area contributed by atoms with Crippen LogP contribution in [-0.2, 0) is 0 Å². The van der Waals surface area contributed by atoms with Crippen LogP contribution in [-0.4, -0.2) is 35.6 Å². The molecular formula is C10H11ClN2O2. The molecule has 15 heavy (non-hydrogen) atoms. The van der Waals surface area contributed by atoms with Gasteiger partial charge >= 0.3 is 0 Å². The minimum atomic E-state index is -0.319. The van der Waals surface area contributed by atoms with Gasteiger partial charge in [0.2, 0.25) is 0 Å². The van der Waals surface area contributed by atoms with Gasteiger partial charge in [0, 0.05) is 13.1 Å². The van der Waals surface area contributed by atoms with E-state index in [9.17, 15) is 9.90 Å². The molecule has 1 aliphatic heterocycles. The van der Waals surface area contributed by atoms with Crippen molar-refractivity contribution in [3.63, 3.8) is 0 Å². The number of hydrogen-bond acceptors (Lipinski definition) is 4. The Balaban J connectivity index is 2.31. The van der Waals surface area contributed by atoms with E-state index in [-0.39, 0.29) is 6.10 Å². The molecule has 0 unspecified atom stereocenters. The first-order chi connectivity index (χ1) is 7.20. The number of halogens is 1. The zero-order chi connectivity index (χ0) is 10.8. The molecule has 0 saturated carbocycles. The summed E-state index contributed by atoms with van der Waals surface area (Å²) >= 11 is 5.69. The lowest BCUT2D eigenvalue weighted by molar-refractivity contribution is 0.111. The van der Waals surface area contributed by atoms with E-state index in [1.54, 1.807) is 12.1 Å². The molecule has 0 bridgehead atoms. The quantitative estimate of drug-likeness (QED) is 0.607. The van der Waals surface area contributed by atoms with Gasteiger partial charge in [0.25, 0.3) is 0 Å². The fourth-order valence-corrected chi connectivity index (χ4v) is 1.91. The van der Waals surface area contributed by atoms with Gasteiger partial charge < -0.3 is 10.0 Å². The Labute approximate surface area is 92.5 Å². The molecule has 1 atom stereocenters. The zero-order valence-electron chi connectivity index (χ0n) is 8.06. The molecule has 0 radical (unpaired) electrons. The highest BCUT2D eigenvalue weighted by Crippen LogP contribution is 2.23. The molecule has 5 heteroatoms. The van der Waals surface area contributed by atoms with Gasteiger partial charge in [0.05, 0.1) is 11.8 Å². The molecule has 2 heterocycles. The maximum atomic E-state index is 10.8. The van der Waals surface area contributed by atoms with Gasteiger partial charge in [-0.1, -0.05) is 11.6 Å². The topological polar surface area (TPSA) is 53.4 Å². The van der Waals surface area contributed by atoms with Crippen molar-refractivity contribution < 1.29 is 9.90 Å². The van der Waals surface area contributed by atoms with E-state index >= 15 is 0 Å². The number of hydrogen-bond donors (Lipinski definition) is 1. The number of carbonyl (C=O) groups is 1. The first kappa shape index (κ1) is 10.4. The second kappa shape index (κ2) is 4.16. The van der Waals surface area contributed by atoms with E-state index in [0.717, 1.165) is 18.7 Å². The maximum absolute atomic E-state index is 10.8. The lowest BCUT2D eigenvalue weighted by Gasteiger charge is -2.18. The molecule has 1 aromatic rings. The average molecular weight is 227 g/mol. The molecule has 4 nitrogen and oxygen atoms in total. The van der Waals surface area contributed by atoms with Crippen molar-refractivity contribution >= 4 is 23.6 Å². The summed E-state index contributed by atoms with van der Waals surface area (Å²) in [5, 5.41) is 9.71. The highest BCUT2D eigenvalue weighted by Gasteiger charge is 2.22. The molecule has 1 saturated heterocycles. The third-order valence-electron chi connectivity index (χ3n) is 2.48. The van der Waals surface area contributed by atoms with Crippen LogP contribution in [0.15, 0.2) is 12.1 Å². The smallest absolute Gasteiger partial charge is 0.170 e. The first-order valence-corrected chi connectivity index (χ1v) is 5.13. The Bertz CT molecular complexity index is 384. The molecule has 1 fully saturated rings. The molecule has 2 rings (SSSR count). The van der Waals surface area contributed by atoms with E-state index in [1.165, 1.54) is 0 Å². The summed E-state index contributed by atoms with van der Waals surface area (Å²) in [5.41, 5.74) is 1.07. The first-order valence-electron chi connectivity index (χ1n) is 4.75.